The quantitative estimate of drug-likeness (QED) is 0.311. The van der Waals surface area contributed by atoms with Gasteiger partial charge in [-0.2, -0.15) is 0 Å². The maximum Gasteiger partial charge on any atom is 0.319 e. The lowest BCUT2D eigenvalue weighted by Crippen LogP contribution is -2.38. The highest BCUT2D eigenvalue weighted by Gasteiger charge is 2.13. The second kappa shape index (κ2) is 13.6. The van der Waals surface area contributed by atoms with Gasteiger partial charge in [0.1, 0.15) is 0 Å². The van der Waals surface area contributed by atoms with Crippen LogP contribution in [0, 0.1) is 0 Å². The normalized spacial score (nSPS) is 14.4. The van der Waals surface area contributed by atoms with E-state index < -0.39 is 6.04 Å². The number of nitrogens with zero attached hydrogens (tertiary/aromatic N) is 1. The minimum atomic E-state index is -0.397. The van der Waals surface area contributed by atoms with Gasteiger partial charge in [0.25, 0.3) is 0 Å². The van der Waals surface area contributed by atoms with Gasteiger partial charge < -0.3 is 20.9 Å². The monoisotopic (exact) mass is 516 g/mol. The highest BCUT2D eigenvalue weighted by atomic mass is 35.5. The molecule has 0 saturated carbocycles. The number of rotatable bonds is 10. The number of hydrogen-bond acceptors (Lipinski definition) is 3. The van der Waals surface area contributed by atoms with Crippen LogP contribution >= 0.6 is 11.6 Å². The summed E-state index contributed by atoms with van der Waals surface area (Å²) in [5, 5.41) is 9.41. The number of anilines is 1. The zero-order valence-electron chi connectivity index (χ0n) is 20.8. The smallest absolute Gasteiger partial charge is 0.319 e. The zero-order valence-corrected chi connectivity index (χ0v) is 21.6. The lowest BCUT2D eigenvalue weighted by molar-refractivity contribution is -0.116. The van der Waals surface area contributed by atoms with Crippen LogP contribution in [0.5, 0.6) is 0 Å². The van der Waals surface area contributed by atoms with Crippen molar-refractivity contribution in [1.29, 1.82) is 0 Å². The van der Waals surface area contributed by atoms with Crippen LogP contribution in [0.25, 0.3) is 11.1 Å². The van der Waals surface area contributed by atoms with Crippen molar-refractivity contribution >= 4 is 29.2 Å². The van der Waals surface area contributed by atoms with Gasteiger partial charge in [0.2, 0.25) is 5.91 Å². The van der Waals surface area contributed by atoms with Gasteiger partial charge in [0.15, 0.2) is 0 Å². The van der Waals surface area contributed by atoms with Crippen LogP contribution in [0.2, 0.25) is 5.02 Å². The Morgan fingerprint density at radius 1 is 0.919 bits per heavy atom. The topological polar surface area (TPSA) is 73.5 Å². The van der Waals surface area contributed by atoms with E-state index in [0.717, 1.165) is 36.3 Å². The summed E-state index contributed by atoms with van der Waals surface area (Å²) in [6.07, 6.45) is 6.17. The Labute approximate surface area is 223 Å². The number of amides is 3. The summed E-state index contributed by atoms with van der Waals surface area (Å²) in [6.45, 7) is 3.66. The van der Waals surface area contributed by atoms with Crippen LogP contribution in [-0.2, 0) is 11.2 Å². The van der Waals surface area contributed by atoms with E-state index in [9.17, 15) is 9.59 Å². The van der Waals surface area contributed by atoms with Gasteiger partial charge in [0, 0.05) is 29.9 Å². The standard InChI is InChI=1S/C30H33ClN4O2/c31-26-10-6-7-23(21-26)22-28(15-16-29(36)32-17-20-35-18-4-5-19-35)34-30(37)33-27-13-11-25(12-14-27)24-8-2-1-3-9-24/h1-3,6-16,21,28H,4-5,17-20,22H2,(H,32,36)(H2,33,34,37)/b16-15+/t28-/m1/s1. The molecule has 3 N–H and O–H groups in total. The fourth-order valence-electron chi connectivity index (χ4n) is 4.40. The van der Waals surface area contributed by atoms with Crippen molar-refractivity contribution in [2.75, 3.05) is 31.5 Å². The number of carbonyl (C=O) groups is 2. The first-order valence-corrected chi connectivity index (χ1v) is 13.1. The van der Waals surface area contributed by atoms with Crippen molar-refractivity contribution in [3.8, 4) is 11.1 Å². The Bertz CT molecular complexity index is 1190. The molecule has 6 nitrogen and oxygen atoms in total. The van der Waals surface area contributed by atoms with E-state index in [-0.39, 0.29) is 11.9 Å². The summed E-state index contributed by atoms with van der Waals surface area (Å²) in [4.78, 5) is 27.5. The number of halogens is 1. The first-order valence-electron chi connectivity index (χ1n) is 12.7. The molecule has 0 spiro atoms. The fourth-order valence-corrected chi connectivity index (χ4v) is 4.62. The molecule has 0 aliphatic carbocycles. The Hall–Kier alpha value is -3.61. The van der Waals surface area contributed by atoms with Gasteiger partial charge in [0.05, 0.1) is 6.04 Å². The molecule has 3 amide bonds. The van der Waals surface area contributed by atoms with Crippen molar-refractivity contribution in [2.45, 2.75) is 25.3 Å². The van der Waals surface area contributed by atoms with Gasteiger partial charge in [-0.1, -0.05) is 72.3 Å². The molecule has 3 aromatic carbocycles. The molecule has 0 unspecified atom stereocenters. The predicted molar refractivity (Wildman–Crippen MR) is 151 cm³/mol. The molecule has 1 saturated heterocycles. The van der Waals surface area contributed by atoms with Crippen LogP contribution < -0.4 is 16.0 Å². The highest BCUT2D eigenvalue weighted by Crippen LogP contribution is 2.21. The number of hydrogen-bond donors (Lipinski definition) is 3. The number of nitrogens with one attached hydrogen (secondary N) is 3. The maximum absolute atomic E-state index is 12.8. The number of likely N-dealkylation sites (tertiary alicyclic amines) is 1. The van der Waals surface area contributed by atoms with Crippen LogP contribution in [0.4, 0.5) is 10.5 Å². The summed E-state index contributed by atoms with van der Waals surface area (Å²) >= 11 is 6.15. The minimum absolute atomic E-state index is 0.172. The van der Waals surface area contributed by atoms with E-state index in [4.69, 9.17) is 11.6 Å². The first kappa shape index (κ1) is 26.5. The molecular weight excluding hydrogens is 484 g/mol. The molecule has 0 bridgehead atoms. The second-order valence-electron chi connectivity index (χ2n) is 9.18. The Morgan fingerprint density at radius 2 is 1.65 bits per heavy atom. The van der Waals surface area contributed by atoms with E-state index in [1.54, 1.807) is 6.08 Å². The van der Waals surface area contributed by atoms with E-state index >= 15 is 0 Å². The summed E-state index contributed by atoms with van der Waals surface area (Å²) in [6, 6.07) is 24.5. The number of carbonyl (C=O) groups excluding carboxylic acids is 2. The lowest BCUT2D eigenvalue weighted by atomic mass is 10.1. The largest absolute Gasteiger partial charge is 0.351 e. The van der Waals surface area contributed by atoms with E-state index in [2.05, 4.69) is 20.9 Å². The number of urea groups is 1. The van der Waals surface area contributed by atoms with Gasteiger partial charge in [-0.25, -0.2) is 4.79 Å². The molecular formula is C30H33ClN4O2. The highest BCUT2D eigenvalue weighted by molar-refractivity contribution is 6.30. The molecule has 1 aliphatic rings. The van der Waals surface area contributed by atoms with Crippen molar-refractivity contribution < 1.29 is 9.59 Å². The van der Waals surface area contributed by atoms with E-state index in [0.29, 0.717) is 23.7 Å². The van der Waals surface area contributed by atoms with E-state index in [1.807, 2.05) is 78.9 Å². The third-order valence-electron chi connectivity index (χ3n) is 6.32. The SMILES string of the molecule is O=C(/C=C/[C@H](Cc1cccc(Cl)c1)NC(=O)Nc1ccc(-c2ccccc2)cc1)NCCN1CCCC1. The molecule has 0 aromatic heterocycles. The molecule has 7 heteroatoms. The third kappa shape index (κ3) is 8.77. The zero-order chi connectivity index (χ0) is 25.9. The minimum Gasteiger partial charge on any atom is -0.351 e. The summed E-state index contributed by atoms with van der Waals surface area (Å²) in [5.74, 6) is -0.172. The Morgan fingerprint density at radius 3 is 2.38 bits per heavy atom. The Kier molecular flexibility index (Phi) is 9.74. The molecule has 1 heterocycles. The maximum atomic E-state index is 12.8. The molecule has 1 fully saturated rings. The van der Waals surface area contributed by atoms with Gasteiger partial charge in [-0.3, -0.25) is 4.79 Å². The fraction of sp³-hybridized carbons (Fsp3) is 0.267. The van der Waals surface area contributed by atoms with Crippen LogP contribution in [0.1, 0.15) is 18.4 Å². The van der Waals surface area contributed by atoms with Crippen LogP contribution in [0.3, 0.4) is 0 Å². The van der Waals surface area contributed by atoms with Crippen molar-refractivity contribution in [2.24, 2.45) is 0 Å². The predicted octanol–water partition coefficient (Wildman–Crippen LogP) is 5.51. The molecule has 3 aromatic rings. The Balaban J connectivity index is 1.35. The van der Waals surface area contributed by atoms with Crippen LogP contribution in [0.15, 0.2) is 91.0 Å². The lowest BCUT2D eigenvalue weighted by Gasteiger charge is -2.17. The first-order chi connectivity index (χ1) is 18.0. The van der Waals surface area contributed by atoms with E-state index in [1.165, 1.54) is 18.9 Å². The summed E-state index contributed by atoms with van der Waals surface area (Å²) < 4.78 is 0. The second-order valence-corrected chi connectivity index (χ2v) is 9.62. The van der Waals surface area contributed by atoms with Crippen molar-refractivity contribution in [1.82, 2.24) is 15.5 Å². The van der Waals surface area contributed by atoms with Gasteiger partial charge in [-0.05, 0) is 73.3 Å². The summed E-state index contributed by atoms with van der Waals surface area (Å²) in [7, 11) is 0. The van der Waals surface area contributed by atoms with Crippen molar-refractivity contribution in [3.05, 3.63) is 102 Å². The molecule has 1 atom stereocenters. The number of benzene rings is 3. The molecule has 0 radical (unpaired) electrons. The average Bonchev–Trinajstić information content (AvgIpc) is 3.42. The average molecular weight is 517 g/mol. The third-order valence-corrected chi connectivity index (χ3v) is 6.55. The van der Waals surface area contributed by atoms with Gasteiger partial charge >= 0.3 is 6.03 Å². The summed E-state index contributed by atoms with van der Waals surface area (Å²) in [5.41, 5.74) is 3.83. The van der Waals surface area contributed by atoms with Crippen molar-refractivity contribution in [3.63, 3.8) is 0 Å². The van der Waals surface area contributed by atoms with Gasteiger partial charge in [-0.15, -0.1) is 0 Å². The van der Waals surface area contributed by atoms with Crippen LogP contribution in [-0.4, -0.2) is 49.1 Å². The molecule has 4 rings (SSSR count). The molecule has 1 aliphatic heterocycles. The molecule has 37 heavy (non-hydrogen) atoms. The molecule has 192 valence electrons.